The average molecular weight is 616 g/mol. The van der Waals surface area contributed by atoms with E-state index in [2.05, 4.69) is 5.32 Å². The van der Waals surface area contributed by atoms with Gasteiger partial charge >= 0.3 is 6.18 Å². The van der Waals surface area contributed by atoms with Crippen LogP contribution in [-0.2, 0) is 33.3 Å². The summed E-state index contributed by atoms with van der Waals surface area (Å²) in [7, 11) is 1.54. The largest absolute Gasteiger partial charge is 0.416 e. The van der Waals surface area contributed by atoms with Gasteiger partial charge < -0.3 is 24.8 Å². The summed E-state index contributed by atoms with van der Waals surface area (Å²) in [4.78, 5) is 31.9. The fourth-order valence-electron chi connectivity index (χ4n) is 5.61. The van der Waals surface area contributed by atoms with Crippen molar-refractivity contribution in [2.24, 2.45) is 0 Å². The highest BCUT2D eigenvalue weighted by Gasteiger charge is 2.38. The third-order valence-corrected chi connectivity index (χ3v) is 8.28. The van der Waals surface area contributed by atoms with E-state index in [9.17, 15) is 22.8 Å². The van der Waals surface area contributed by atoms with Crippen molar-refractivity contribution >= 4 is 46.4 Å². The van der Waals surface area contributed by atoms with Crippen LogP contribution in [0.4, 0.5) is 24.5 Å². The quantitative estimate of drug-likeness (QED) is 0.357. The molecule has 1 atom stereocenters. The van der Waals surface area contributed by atoms with Crippen LogP contribution < -0.4 is 10.2 Å². The number of methoxy groups -OCH3 is 1. The Labute approximate surface area is 248 Å². The Balaban J connectivity index is 1.54. The number of anilines is 2. The summed E-state index contributed by atoms with van der Waals surface area (Å²) in [5, 5.41) is 4.09. The Morgan fingerprint density at radius 2 is 1.83 bits per heavy atom. The fourth-order valence-corrected chi connectivity index (χ4v) is 6.10. The molecule has 1 unspecified atom stereocenters. The first-order valence-corrected chi connectivity index (χ1v) is 14.5. The molecule has 0 saturated carbocycles. The van der Waals surface area contributed by atoms with Gasteiger partial charge in [-0.05, 0) is 48.2 Å². The molecule has 2 saturated heterocycles. The Morgan fingerprint density at radius 1 is 1.10 bits per heavy atom. The highest BCUT2D eigenvalue weighted by atomic mass is 35.5. The monoisotopic (exact) mass is 614 g/mol. The second kappa shape index (κ2) is 13.5. The number of rotatable bonds is 10. The minimum absolute atomic E-state index is 0.0595. The molecular formula is C29H35Cl2F3N4O3. The van der Waals surface area contributed by atoms with Crippen LogP contribution in [0.15, 0.2) is 30.3 Å². The van der Waals surface area contributed by atoms with E-state index in [1.165, 1.54) is 13.2 Å². The van der Waals surface area contributed by atoms with E-state index in [0.717, 1.165) is 11.6 Å². The lowest BCUT2D eigenvalue weighted by Gasteiger charge is -2.40. The van der Waals surface area contributed by atoms with E-state index in [1.807, 2.05) is 4.90 Å². The normalized spacial score (nSPS) is 16.9. The molecule has 7 nitrogen and oxygen atoms in total. The molecule has 0 bridgehead atoms. The summed E-state index contributed by atoms with van der Waals surface area (Å²) in [5.41, 5.74) is 1.39. The van der Waals surface area contributed by atoms with Crippen molar-refractivity contribution in [2.45, 2.75) is 44.8 Å². The van der Waals surface area contributed by atoms with Crippen LogP contribution in [0.5, 0.6) is 0 Å². The van der Waals surface area contributed by atoms with Gasteiger partial charge in [0.05, 0.1) is 23.5 Å². The van der Waals surface area contributed by atoms with Gasteiger partial charge in [-0.2, -0.15) is 13.2 Å². The van der Waals surface area contributed by atoms with Crippen LogP contribution in [0.2, 0.25) is 10.0 Å². The van der Waals surface area contributed by atoms with E-state index < -0.39 is 17.8 Å². The van der Waals surface area contributed by atoms with Gasteiger partial charge in [0.1, 0.15) is 6.04 Å². The third-order valence-electron chi connectivity index (χ3n) is 7.69. The summed E-state index contributed by atoms with van der Waals surface area (Å²) in [6.45, 7) is 4.51. The van der Waals surface area contributed by atoms with Crippen molar-refractivity contribution in [2.75, 3.05) is 63.2 Å². The molecule has 2 fully saturated rings. The SMILES string of the molecule is CCc1c(C(F)(F)F)ccc(N2CCN(C(=O)C(Cc3ccc(Cl)cc3Cl)N3CCCC3=O)CC2)c1NCCOC. The molecule has 2 amide bonds. The number of piperazine rings is 1. The van der Waals surface area contributed by atoms with Gasteiger partial charge in [0.25, 0.3) is 0 Å². The number of hydrogen-bond acceptors (Lipinski definition) is 5. The van der Waals surface area contributed by atoms with Crippen molar-refractivity contribution in [1.29, 1.82) is 0 Å². The predicted molar refractivity (Wildman–Crippen MR) is 155 cm³/mol. The molecule has 0 aromatic heterocycles. The van der Waals surface area contributed by atoms with Gasteiger partial charge in [-0.3, -0.25) is 9.59 Å². The first-order valence-electron chi connectivity index (χ1n) is 13.8. The minimum atomic E-state index is -4.47. The first-order chi connectivity index (χ1) is 19.5. The Bertz CT molecular complexity index is 1250. The van der Waals surface area contributed by atoms with Gasteiger partial charge in [-0.15, -0.1) is 0 Å². The molecule has 12 heteroatoms. The Morgan fingerprint density at radius 3 is 2.41 bits per heavy atom. The molecule has 2 aliphatic heterocycles. The zero-order chi connectivity index (χ0) is 29.7. The summed E-state index contributed by atoms with van der Waals surface area (Å²) >= 11 is 12.5. The first kappa shape index (κ1) is 31.3. The molecule has 0 spiro atoms. The van der Waals surface area contributed by atoms with Crippen LogP contribution >= 0.6 is 23.2 Å². The number of alkyl halides is 3. The lowest BCUT2D eigenvalue weighted by Crippen LogP contribution is -2.56. The van der Waals surface area contributed by atoms with E-state index in [0.29, 0.717) is 80.1 Å². The van der Waals surface area contributed by atoms with E-state index >= 15 is 0 Å². The van der Waals surface area contributed by atoms with Gasteiger partial charge in [0.2, 0.25) is 11.8 Å². The van der Waals surface area contributed by atoms with Crippen molar-refractivity contribution in [3.8, 4) is 0 Å². The number of carbonyl (C=O) groups is 2. The van der Waals surface area contributed by atoms with Crippen molar-refractivity contribution in [3.63, 3.8) is 0 Å². The summed E-state index contributed by atoms with van der Waals surface area (Å²) in [6.07, 6.45) is -2.90. The van der Waals surface area contributed by atoms with Crippen LogP contribution in [0.1, 0.15) is 36.5 Å². The van der Waals surface area contributed by atoms with Crippen molar-refractivity contribution < 1.29 is 27.5 Å². The average Bonchev–Trinajstić information content (AvgIpc) is 3.37. The maximum Gasteiger partial charge on any atom is 0.416 e. The van der Waals surface area contributed by atoms with E-state index in [-0.39, 0.29) is 30.2 Å². The number of likely N-dealkylation sites (tertiary alicyclic amines) is 1. The standard InChI is InChI=1S/C29H35Cl2F3N4O3/c1-3-21-22(29(32,33)34)8-9-24(27(21)35-10-16-41-2)36-12-14-37(15-13-36)28(40)25(38-11-4-5-26(38)39)17-19-6-7-20(30)18-23(19)31/h6-9,18,25,35H,3-5,10-17H2,1-2H3. The predicted octanol–water partition coefficient (Wildman–Crippen LogP) is 5.52. The van der Waals surface area contributed by atoms with Gasteiger partial charge in [0, 0.05) is 69.3 Å². The molecule has 4 rings (SSSR count). The van der Waals surface area contributed by atoms with Crippen LogP contribution in [0.3, 0.4) is 0 Å². The Hall–Kier alpha value is -2.69. The van der Waals surface area contributed by atoms with E-state index in [1.54, 1.807) is 34.9 Å². The summed E-state index contributed by atoms with van der Waals surface area (Å²) in [5.74, 6) is -0.221. The summed E-state index contributed by atoms with van der Waals surface area (Å²) in [6, 6.07) is 7.05. The topological polar surface area (TPSA) is 65.1 Å². The molecule has 1 N–H and O–H groups in total. The number of ether oxygens (including phenoxy) is 1. The molecule has 0 radical (unpaired) electrons. The molecule has 2 aromatic carbocycles. The number of amides is 2. The fraction of sp³-hybridized carbons (Fsp3) is 0.517. The molecule has 0 aliphatic carbocycles. The third kappa shape index (κ3) is 7.21. The smallest absolute Gasteiger partial charge is 0.383 e. The molecule has 2 aromatic rings. The number of benzene rings is 2. The van der Waals surface area contributed by atoms with Crippen LogP contribution in [-0.4, -0.2) is 80.6 Å². The zero-order valence-electron chi connectivity index (χ0n) is 23.2. The highest BCUT2D eigenvalue weighted by Crippen LogP contribution is 2.40. The van der Waals surface area contributed by atoms with Crippen LogP contribution in [0.25, 0.3) is 0 Å². The number of carbonyl (C=O) groups excluding carboxylic acids is 2. The molecule has 41 heavy (non-hydrogen) atoms. The molecule has 224 valence electrons. The highest BCUT2D eigenvalue weighted by molar-refractivity contribution is 6.35. The maximum atomic E-state index is 13.8. The minimum Gasteiger partial charge on any atom is -0.383 e. The maximum absolute atomic E-state index is 13.8. The molecular weight excluding hydrogens is 580 g/mol. The number of hydrogen-bond donors (Lipinski definition) is 1. The Kier molecular flexibility index (Phi) is 10.3. The van der Waals surface area contributed by atoms with Gasteiger partial charge in [-0.25, -0.2) is 0 Å². The molecule has 2 heterocycles. The van der Waals surface area contributed by atoms with Gasteiger partial charge in [-0.1, -0.05) is 36.2 Å². The van der Waals surface area contributed by atoms with Gasteiger partial charge in [0.15, 0.2) is 0 Å². The van der Waals surface area contributed by atoms with Crippen molar-refractivity contribution in [3.05, 3.63) is 57.1 Å². The zero-order valence-corrected chi connectivity index (χ0v) is 24.7. The second-order valence-electron chi connectivity index (χ2n) is 10.2. The lowest BCUT2D eigenvalue weighted by atomic mass is 9.99. The summed E-state index contributed by atoms with van der Waals surface area (Å²) < 4.78 is 46.5. The number of nitrogens with one attached hydrogen (secondary N) is 1. The molecule has 2 aliphatic rings. The second-order valence-corrected chi connectivity index (χ2v) is 11.1. The number of halogens is 5. The van der Waals surface area contributed by atoms with E-state index in [4.69, 9.17) is 27.9 Å². The van der Waals surface area contributed by atoms with Crippen molar-refractivity contribution in [1.82, 2.24) is 9.80 Å². The van der Waals surface area contributed by atoms with Crippen LogP contribution in [0, 0.1) is 0 Å². The number of nitrogens with zero attached hydrogens (tertiary/aromatic N) is 3. The lowest BCUT2D eigenvalue weighted by molar-refractivity contribution is -0.143.